The first-order chi connectivity index (χ1) is 15.5. The third-order valence-corrected chi connectivity index (χ3v) is 6.73. The summed E-state index contributed by atoms with van der Waals surface area (Å²) in [6.45, 7) is 5.23. The van der Waals surface area contributed by atoms with Gasteiger partial charge in [-0.3, -0.25) is 4.79 Å². The Bertz CT molecular complexity index is 1270. The average Bonchev–Trinajstić information content (AvgIpc) is 3.35. The van der Waals surface area contributed by atoms with Crippen LogP contribution in [-0.4, -0.2) is 56.2 Å². The van der Waals surface area contributed by atoms with Crippen molar-refractivity contribution in [1.29, 1.82) is 0 Å². The molecule has 2 aliphatic rings. The minimum Gasteiger partial charge on any atom is -0.493 e. The smallest absolute Gasteiger partial charge is 0.343 e. The highest BCUT2D eigenvalue weighted by Crippen LogP contribution is 2.48. The molecule has 1 aliphatic heterocycles. The molecule has 0 unspecified atom stereocenters. The number of carbonyl (C=O) groups is 2. The number of hydrogen-bond donors (Lipinski definition) is 1. The van der Waals surface area contributed by atoms with Gasteiger partial charge >= 0.3 is 5.97 Å². The zero-order chi connectivity index (χ0) is 22.5. The van der Waals surface area contributed by atoms with Crippen LogP contribution >= 0.6 is 0 Å². The molecule has 32 heavy (non-hydrogen) atoms. The van der Waals surface area contributed by atoms with E-state index in [9.17, 15) is 14.7 Å². The van der Waals surface area contributed by atoms with E-state index >= 15 is 0 Å². The lowest BCUT2D eigenvalue weighted by atomic mass is 9.70. The Labute approximate surface area is 185 Å². The molecule has 0 bridgehead atoms. The van der Waals surface area contributed by atoms with Gasteiger partial charge in [0.05, 0.1) is 12.8 Å². The summed E-state index contributed by atoms with van der Waals surface area (Å²) in [7, 11) is 0. The largest absolute Gasteiger partial charge is 0.493 e. The Morgan fingerprint density at radius 3 is 2.66 bits per heavy atom. The lowest BCUT2D eigenvalue weighted by Crippen LogP contribution is -2.45. The Hall–Kier alpha value is -3.68. The zero-order valence-electron chi connectivity index (χ0n) is 18.0. The van der Waals surface area contributed by atoms with E-state index in [0.717, 1.165) is 17.4 Å². The molecule has 0 saturated carbocycles. The molecule has 3 aromatic rings. The molecule has 8 nitrogen and oxygen atoms in total. The molecular weight excluding hydrogens is 408 g/mol. The standard InChI is InChI=1S/C24H24N4O4/c1-3-32-23(31)17-14-26-28-20(17)25-13-18(22(28)30)21(29)27-10-8-24(9-11-27)15(2)12-16-6-4-5-7-19(16)24/h4-7,12-14,30H,3,8-11H2,1-2H3. The van der Waals surface area contributed by atoms with Crippen molar-refractivity contribution in [2.45, 2.75) is 32.1 Å². The van der Waals surface area contributed by atoms with E-state index in [-0.39, 0.29) is 40.6 Å². The Kier molecular flexibility index (Phi) is 4.73. The number of aromatic hydroxyl groups is 1. The molecule has 1 spiro atoms. The van der Waals surface area contributed by atoms with E-state index in [1.165, 1.54) is 29.1 Å². The highest BCUT2D eigenvalue weighted by Gasteiger charge is 2.43. The first-order valence-electron chi connectivity index (χ1n) is 10.8. The Balaban J connectivity index is 1.39. The van der Waals surface area contributed by atoms with Crippen molar-refractivity contribution < 1.29 is 19.4 Å². The van der Waals surface area contributed by atoms with Crippen LogP contribution in [0.3, 0.4) is 0 Å². The summed E-state index contributed by atoms with van der Waals surface area (Å²) in [5.41, 5.74) is 4.24. The fourth-order valence-corrected chi connectivity index (χ4v) is 4.99. The molecule has 164 valence electrons. The van der Waals surface area contributed by atoms with Crippen molar-refractivity contribution in [1.82, 2.24) is 19.5 Å². The van der Waals surface area contributed by atoms with Crippen LogP contribution in [0.5, 0.6) is 5.88 Å². The molecule has 1 aliphatic carbocycles. The predicted molar refractivity (Wildman–Crippen MR) is 118 cm³/mol. The second-order valence-electron chi connectivity index (χ2n) is 8.30. The monoisotopic (exact) mass is 432 g/mol. The number of nitrogens with zero attached hydrogens (tertiary/aromatic N) is 4. The van der Waals surface area contributed by atoms with E-state index in [0.29, 0.717) is 13.1 Å². The van der Waals surface area contributed by atoms with Gasteiger partial charge in [0.2, 0.25) is 5.88 Å². The number of aromatic nitrogens is 3. The summed E-state index contributed by atoms with van der Waals surface area (Å²) in [4.78, 5) is 31.2. The number of benzene rings is 1. The SMILES string of the molecule is CCOC(=O)c1cnn2c(O)c(C(=O)N3CCC4(CC3)C(C)=Cc3ccccc34)cnc12. The molecule has 1 N–H and O–H groups in total. The van der Waals surface area contributed by atoms with Crippen LogP contribution in [-0.2, 0) is 10.2 Å². The lowest BCUT2D eigenvalue weighted by Gasteiger charge is -2.41. The second-order valence-corrected chi connectivity index (χ2v) is 8.30. The maximum absolute atomic E-state index is 13.2. The van der Waals surface area contributed by atoms with Gasteiger partial charge in [-0.1, -0.05) is 35.9 Å². The maximum Gasteiger partial charge on any atom is 0.343 e. The summed E-state index contributed by atoms with van der Waals surface area (Å²) in [5.74, 6) is -1.21. The van der Waals surface area contributed by atoms with Gasteiger partial charge in [-0.15, -0.1) is 0 Å². The van der Waals surface area contributed by atoms with E-state index in [1.54, 1.807) is 11.8 Å². The highest BCUT2D eigenvalue weighted by molar-refractivity contribution is 5.98. The zero-order valence-corrected chi connectivity index (χ0v) is 18.0. The highest BCUT2D eigenvalue weighted by atomic mass is 16.5. The Morgan fingerprint density at radius 2 is 1.91 bits per heavy atom. The number of ether oxygens (including phenoxy) is 1. The predicted octanol–water partition coefficient (Wildman–Crippen LogP) is 3.20. The van der Waals surface area contributed by atoms with Gasteiger partial charge in [0.1, 0.15) is 11.1 Å². The third kappa shape index (κ3) is 2.90. The first-order valence-corrected chi connectivity index (χ1v) is 10.8. The molecule has 2 aromatic heterocycles. The molecule has 1 fully saturated rings. The molecular formula is C24H24N4O4. The summed E-state index contributed by atoms with van der Waals surface area (Å²) in [5, 5.41) is 14.7. The van der Waals surface area contributed by atoms with Gasteiger partial charge in [-0.2, -0.15) is 9.61 Å². The average molecular weight is 432 g/mol. The molecule has 8 heteroatoms. The van der Waals surface area contributed by atoms with E-state index < -0.39 is 5.97 Å². The number of piperidine rings is 1. The second kappa shape index (κ2) is 7.47. The number of fused-ring (bicyclic) bond motifs is 3. The van der Waals surface area contributed by atoms with Crippen molar-refractivity contribution >= 4 is 23.6 Å². The molecule has 5 rings (SSSR count). The number of rotatable bonds is 3. The van der Waals surface area contributed by atoms with Crippen LogP contribution < -0.4 is 0 Å². The van der Waals surface area contributed by atoms with Crippen LogP contribution in [0.1, 0.15) is 58.5 Å². The van der Waals surface area contributed by atoms with Crippen LogP contribution in [0.15, 0.2) is 42.2 Å². The van der Waals surface area contributed by atoms with Crippen molar-refractivity contribution in [3.63, 3.8) is 0 Å². The topological polar surface area (TPSA) is 97.0 Å². The van der Waals surface area contributed by atoms with Crippen LogP contribution in [0.25, 0.3) is 11.7 Å². The van der Waals surface area contributed by atoms with Crippen molar-refractivity contribution in [3.8, 4) is 5.88 Å². The molecule has 3 heterocycles. The van der Waals surface area contributed by atoms with Crippen LogP contribution in [0.2, 0.25) is 0 Å². The quantitative estimate of drug-likeness (QED) is 0.639. The third-order valence-electron chi connectivity index (χ3n) is 6.73. The van der Waals surface area contributed by atoms with Crippen molar-refractivity contribution in [2.75, 3.05) is 19.7 Å². The minimum atomic E-state index is -0.574. The Morgan fingerprint density at radius 1 is 1.16 bits per heavy atom. The fourth-order valence-electron chi connectivity index (χ4n) is 4.99. The van der Waals surface area contributed by atoms with Gasteiger partial charge in [0, 0.05) is 24.7 Å². The number of esters is 1. The molecule has 1 amide bonds. The van der Waals surface area contributed by atoms with Gasteiger partial charge in [-0.25, -0.2) is 9.78 Å². The van der Waals surface area contributed by atoms with Crippen LogP contribution in [0.4, 0.5) is 0 Å². The van der Waals surface area contributed by atoms with Gasteiger partial charge < -0.3 is 14.7 Å². The van der Waals surface area contributed by atoms with Crippen molar-refractivity contribution in [2.24, 2.45) is 0 Å². The summed E-state index contributed by atoms with van der Waals surface area (Å²) in [6.07, 6.45) is 6.48. The fraction of sp³-hybridized carbons (Fsp3) is 0.333. The molecule has 0 radical (unpaired) electrons. The first kappa shape index (κ1) is 20.2. The molecule has 0 atom stereocenters. The molecule has 1 saturated heterocycles. The number of amides is 1. The maximum atomic E-state index is 13.2. The molecule has 1 aromatic carbocycles. The van der Waals surface area contributed by atoms with Crippen LogP contribution in [0, 0.1) is 0 Å². The number of allylic oxidation sites excluding steroid dienone is 1. The summed E-state index contributed by atoms with van der Waals surface area (Å²) < 4.78 is 6.10. The van der Waals surface area contributed by atoms with Gasteiger partial charge in [0.25, 0.3) is 5.91 Å². The number of carbonyl (C=O) groups excluding carboxylic acids is 2. The van der Waals surface area contributed by atoms with E-state index in [1.807, 2.05) is 0 Å². The van der Waals surface area contributed by atoms with E-state index in [4.69, 9.17) is 4.74 Å². The minimum absolute atomic E-state index is 0.0336. The normalized spacial score (nSPS) is 16.8. The lowest BCUT2D eigenvalue weighted by molar-refractivity contribution is 0.0528. The number of hydrogen-bond acceptors (Lipinski definition) is 6. The van der Waals surface area contributed by atoms with E-state index in [2.05, 4.69) is 47.3 Å². The van der Waals surface area contributed by atoms with Gasteiger partial charge in [-0.05, 0) is 37.8 Å². The van der Waals surface area contributed by atoms with Crippen molar-refractivity contribution in [3.05, 3.63) is 64.5 Å². The summed E-state index contributed by atoms with van der Waals surface area (Å²) in [6, 6.07) is 8.44. The summed E-state index contributed by atoms with van der Waals surface area (Å²) >= 11 is 0. The van der Waals surface area contributed by atoms with Gasteiger partial charge in [0.15, 0.2) is 5.65 Å². The number of likely N-dealkylation sites (tertiary alicyclic amines) is 1.